The van der Waals surface area contributed by atoms with Crippen molar-refractivity contribution in [1.82, 2.24) is 4.90 Å². The molecule has 0 saturated heterocycles. The average Bonchev–Trinajstić information content (AvgIpc) is 2.36. The van der Waals surface area contributed by atoms with E-state index < -0.39 is 0 Å². The first-order chi connectivity index (χ1) is 8.19. The molecule has 0 radical (unpaired) electrons. The van der Waals surface area contributed by atoms with Gasteiger partial charge in [0.15, 0.2) is 0 Å². The summed E-state index contributed by atoms with van der Waals surface area (Å²) in [6, 6.07) is 7.40. The van der Waals surface area contributed by atoms with E-state index in [1.807, 2.05) is 12.1 Å². The van der Waals surface area contributed by atoms with Crippen LogP contribution in [0.4, 0.5) is 5.69 Å². The highest BCUT2D eigenvalue weighted by molar-refractivity contribution is 5.94. The smallest absolute Gasteiger partial charge is 0.253 e. The van der Waals surface area contributed by atoms with Gasteiger partial charge in [-0.05, 0) is 30.7 Å². The molecule has 0 aromatic heterocycles. The lowest BCUT2D eigenvalue weighted by atomic mass is 10.2. The third-order valence-electron chi connectivity index (χ3n) is 2.49. The molecule has 0 unspecified atom stereocenters. The highest BCUT2D eigenvalue weighted by Gasteiger charge is 2.10. The summed E-state index contributed by atoms with van der Waals surface area (Å²) in [5.74, 6) is -0.0684. The van der Waals surface area contributed by atoms with E-state index in [0.717, 1.165) is 18.7 Å². The summed E-state index contributed by atoms with van der Waals surface area (Å²) >= 11 is 0. The maximum atomic E-state index is 11.9. The van der Waals surface area contributed by atoms with E-state index in [2.05, 4.69) is 12.2 Å². The molecule has 2 N–H and O–H groups in total. The number of nitrogens with one attached hydrogen (secondary N) is 1. The Morgan fingerprint density at radius 1 is 1.35 bits per heavy atom. The standard InChI is InChI=1S/C13H20N2O2/c1-3-8-14-12-6-4-11(5-7-12)13(17)15(2)9-10-16/h4-7,14,16H,3,8-10H2,1-2H3. The van der Waals surface area contributed by atoms with Crippen LogP contribution in [0, 0.1) is 0 Å². The minimum absolute atomic E-state index is 0.0155. The fourth-order valence-electron chi connectivity index (χ4n) is 1.47. The maximum Gasteiger partial charge on any atom is 0.253 e. The van der Waals surface area contributed by atoms with E-state index in [-0.39, 0.29) is 12.5 Å². The third-order valence-corrected chi connectivity index (χ3v) is 2.49. The molecular weight excluding hydrogens is 216 g/mol. The summed E-state index contributed by atoms with van der Waals surface area (Å²) in [5.41, 5.74) is 1.66. The number of nitrogens with zero attached hydrogens (tertiary/aromatic N) is 1. The highest BCUT2D eigenvalue weighted by atomic mass is 16.3. The Bertz CT molecular complexity index is 349. The lowest BCUT2D eigenvalue weighted by Crippen LogP contribution is -2.29. The number of aliphatic hydroxyl groups excluding tert-OH is 1. The fraction of sp³-hybridized carbons (Fsp3) is 0.462. The van der Waals surface area contributed by atoms with Crippen molar-refractivity contribution in [2.24, 2.45) is 0 Å². The normalized spacial score (nSPS) is 10.1. The predicted molar refractivity (Wildman–Crippen MR) is 69.3 cm³/mol. The zero-order valence-corrected chi connectivity index (χ0v) is 10.4. The number of rotatable bonds is 6. The van der Waals surface area contributed by atoms with Gasteiger partial charge >= 0.3 is 0 Å². The molecule has 0 aliphatic heterocycles. The van der Waals surface area contributed by atoms with Gasteiger partial charge in [0, 0.05) is 31.4 Å². The van der Waals surface area contributed by atoms with Crippen LogP contribution in [0.2, 0.25) is 0 Å². The summed E-state index contributed by atoms with van der Waals surface area (Å²) in [7, 11) is 1.68. The van der Waals surface area contributed by atoms with E-state index >= 15 is 0 Å². The van der Waals surface area contributed by atoms with Gasteiger partial charge in [0.05, 0.1) is 6.61 Å². The highest BCUT2D eigenvalue weighted by Crippen LogP contribution is 2.11. The second-order valence-electron chi connectivity index (χ2n) is 3.95. The molecule has 0 aliphatic rings. The molecule has 1 aromatic carbocycles. The molecule has 0 atom stereocenters. The predicted octanol–water partition coefficient (Wildman–Crippen LogP) is 1.57. The van der Waals surface area contributed by atoms with Crippen LogP contribution >= 0.6 is 0 Å². The van der Waals surface area contributed by atoms with Gasteiger partial charge in [-0.15, -0.1) is 0 Å². The Morgan fingerprint density at radius 2 is 2.00 bits per heavy atom. The molecule has 0 fully saturated rings. The summed E-state index contributed by atoms with van der Waals surface area (Å²) < 4.78 is 0. The van der Waals surface area contributed by atoms with Crippen LogP contribution in [-0.2, 0) is 0 Å². The second-order valence-corrected chi connectivity index (χ2v) is 3.95. The van der Waals surface area contributed by atoms with Crippen LogP contribution in [0.1, 0.15) is 23.7 Å². The van der Waals surface area contributed by atoms with Gasteiger partial charge in [0.1, 0.15) is 0 Å². The van der Waals surface area contributed by atoms with Gasteiger partial charge in [-0.2, -0.15) is 0 Å². The van der Waals surface area contributed by atoms with Crippen LogP contribution in [0.5, 0.6) is 0 Å². The zero-order valence-electron chi connectivity index (χ0n) is 10.4. The first-order valence-electron chi connectivity index (χ1n) is 5.89. The Kier molecular flexibility index (Phi) is 5.49. The van der Waals surface area contributed by atoms with E-state index in [1.165, 1.54) is 4.90 Å². The Hall–Kier alpha value is -1.55. The molecular formula is C13H20N2O2. The molecule has 17 heavy (non-hydrogen) atoms. The van der Waals surface area contributed by atoms with Gasteiger partial charge < -0.3 is 15.3 Å². The minimum Gasteiger partial charge on any atom is -0.395 e. The van der Waals surface area contributed by atoms with Crippen molar-refractivity contribution in [2.75, 3.05) is 32.1 Å². The molecule has 4 heteroatoms. The Morgan fingerprint density at radius 3 is 2.53 bits per heavy atom. The van der Waals surface area contributed by atoms with Crippen LogP contribution in [0.15, 0.2) is 24.3 Å². The fourth-order valence-corrected chi connectivity index (χ4v) is 1.47. The molecule has 0 heterocycles. The molecule has 0 bridgehead atoms. The number of carbonyl (C=O) groups excluding carboxylic acids is 1. The number of carbonyl (C=O) groups is 1. The lowest BCUT2D eigenvalue weighted by Gasteiger charge is -2.15. The summed E-state index contributed by atoms with van der Waals surface area (Å²) in [6.45, 7) is 3.37. The number of benzene rings is 1. The number of hydrogen-bond acceptors (Lipinski definition) is 3. The second kappa shape index (κ2) is 6.91. The topological polar surface area (TPSA) is 52.6 Å². The van der Waals surface area contributed by atoms with Crippen molar-refractivity contribution in [3.63, 3.8) is 0 Å². The van der Waals surface area contributed by atoms with E-state index in [9.17, 15) is 4.79 Å². The van der Waals surface area contributed by atoms with Crippen LogP contribution in [0.3, 0.4) is 0 Å². The van der Waals surface area contributed by atoms with E-state index in [1.54, 1.807) is 19.2 Å². The largest absolute Gasteiger partial charge is 0.395 e. The average molecular weight is 236 g/mol. The SMILES string of the molecule is CCCNc1ccc(C(=O)N(C)CCO)cc1. The quantitative estimate of drug-likeness (QED) is 0.788. The van der Waals surface area contributed by atoms with Crippen LogP contribution in [0.25, 0.3) is 0 Å². The molecule has 0 aliphatic carbocycles. The van der Waals surface area contributed by atoms with E-state index in [0.29, 0.717) is 12.1 Å². The monoisotopic (exact) mass is 236 g/mol. The maximum absolute atomic E-state index is 11.9. The van der Waals surface area contributed by atoms with Crippen LogP contribution < -0.4 is 5.32 Å². The van der Waals surface area contributed by atoms with Crippen molar-refractivity contribution in [1.29, 1.82) is 0 Å². The lowest BCUT2D eigenvalue weighted by molar-refractivity contribution is 0.0767. The number of amides is 1. The summed E-state index contributed by atoms with van der Waals surface area (Å²) in [6.07, 6.45) is 1.07. The minimum atomic E-state index is -0.0684. The molecule has 0 saturated carbocycles. The van der Waals surface area contributed by atoms with Gasteiger partial charge in [0.25, 0.3) is 5.91 Å². The molecule has 1 rings (SSSR count). The molecule has 1 amide bonds. The number of likely N-dealkylation sites (N-methyl/N-ethyl adjacent to an activating group) is 1. The third kappa shape index (κ3) is 4.07. The molecule has 0 spiro atoms. The van der Waals surface area contributed by atoms with Crippen molar-refractivity contribution in [3.8, 4) is 0 Å². The van der Waals surface area contributed by atoms with Crippen molar-refractivity contribution >= 4 is 11.6 Å². The van der Waals surface area contributed by atoms with Gasteiger partial charge in [-0.3, -0.25) is 4.79 Å². The molecule has 94 valence electrons. The van der Waals surface area contributed by atoms with Gasteiger partial charge in [-0.25, -0.2) is 0 Å². The molecule has 1 aromatic rings. The Balaban J connectivity index is 2.63. The summed E-state index contributed by atoms with van der Waals surface area (Å²) in [5, 5.41) is 12.0. The Labute approximate surface area is 102 Å². The zero-order chi connectivity index (χ0) is 12.7. The molecule has 4 nitrogen and oxygen atoms in total. The number of aliphatic hydroxyl groups is 1. The number of hydrogen-bond donors (Lipinski definition) is 2. The van der Waals surface area contributed by atoms with Gasteiger partial charge in [-0.1, -0.05) is 6.92 Å². The first-order valence-corrected chi connectivity index (χ1v) is 5.89. The van der Waals surface area contributed by atoms with Crippen molar-refractivity contribution < 1.29 is 9.90 Å². The van der Waals surface area contributed by atoms with Crippen molar-refractivity contribution in [2.45, 2.75) is 13.3 Å². The van der Waals surface area contributed by atoms with Crippen molar-refractivity contribution in [3.05, 3.63) is 29.8 Å². The van der Waals surface area contributed by atoms with Gasteiger partial charge in [0.2, 0.25) is 0 Å². The van der Waals surface area contributed by atoms with E-state index in [4.69, 9.17) is 5.11 Å². The summed E-state index contributed by atoms with van der Waals surface area (Å²) in [4.78, 5) is 13.4. The van der Waals surface area contributed by atoms with Crippen LogP contribution in [-0.4, -0.2) is 42.7 Å². The number of anilines is 1. The first kappa shape index (κ1) is 13.5.